The van der Waals surface area contributed by atoms with Crippen LogP contribution in [0.15, 0.2) is 18.2 Å². The van der Waals surface area contributed by atoms with E-state index in [1.807, 2.05) is 13.8 Å². The SMILES string of the molecule is C[C@@H]1CN(C(=O)c2ccc(C#CCN)c(F)c2)C[C@H](C)O1. The number of ether oxygens (including phenoxy) is 1. The van der Waals surface area contributed by atoms with E-state index in [4.69, 9.17) is 10.5 Å². The van der Waals surface area contributed by atoms with Crippen LogP contribution in [0.2, 0.25) is 0 Å². The Hall–Kier alpha value is -1.90. The van der Waals surface area contributed by atoms with Gasteiger partial charge in [-0.05, 0) is 32.0 Å². The van der Waals surface area contributed by atoms with Gasteiger partial charge in [-0.3, -0.25) is 4.79 Å². The summed E-state index contributed by atoms with van der Waals surface area (Å²) >= 11 is 0. The summed E-state index contributed by atoms with van der Waals surface area (Å²) in [4.78, 5) is 14.1. The van der Waals surface area contributed by atoms with Gasteiger partial charge in [0.05, 0.1) is 24.3 Å². The van der Waals surface area contributed by atoms with Crippen LogP contribution in [0.1, 0.15) is 29.8 Å². The second-order valence-corrected chi connectivity index (χ2v) is 5.17. The number of benzene rings is 1. The molecule has 2 N–H and O–H groups in total. The molecule has 0 spiro atoms. The third kappa shape index (κ3) is 3.81. The van der Waals surface area contributed by atoms with E-state index in [1.54, 1.807) is 11.0 Å². The summed E-state index contributed by atoms with van der Waals surface area (Å²) in [5, 5.41) is 0. The van der Waals surface area contributed by atoms with Crippen molar-refractivity contribution in [3.63, 3.8) is 0 Å². The standard InChI is InChI=1S/C16H19FN2O2/c1-11-9-19(10-12(2)21-11)16(20)14-6-5-13(4-3-7-18)15(17)8-14/h5-6,8,11-12H,7,9-10,18H2,1-2H3/t11-,12+. The van der Waals surface area contributed by atoms with E-state index in [0.717, 1.165) is 0 Å². The molecule has 1 aliphatic rings. The Labute approximate surface area is 124 Å². The molecule has 1 heterocycles. The summed E-state index contributed by atoms with van der Waals surface area (Å²) < 4.78 is 19.5. The molecule has 4 nitrogen and oxygen atoms in total. The Kier molecular flexibility index (Phi) is 4.94. The van der Waals surface area contributed by atoms with Crippen molar-refractivity contribution in [3.8, 4) is 11.8 Å². The molecule has 1 aromatic rings. The zero-order valence-corrected chi connectivity index (χ0v) is 12.2. The van der Waals surface area contributed by atoms with E-state index in [1.165, 1.54) is 12.1 Å². The van der Waals surface area contributed by atoms with Gasteiger partial charge >= 0.3 is 0 Å². The van der Waals surface area contributed by atoms with Crippen molar-refractivity contribution in [1.29, 1.82) is 0 Å². The number of hydrogen-bond donors (Lipinski definition) is 1. The Morgan fingerprint density at radius 2 is 2.10 bits per heavy atom. The van der Waals surface area contributed by atoms with Gasteiger partial charge in [-0.25, -0.2) is 4.39 Å². The number of amides is 1. The fourth-order valence-corrected chi connectivity index (χ4v) is 2.42. The fourth-order valence-electron chi connectivity index (χ4n) is 2.42. The highest BCUT2D eigenvalue weighted by Crippen LogP contribution is 2.16. The second-order valence-electron chi connectivity index (χ2n) is 5.17. The molecule has 2 rings (SSSR count). The largest absolute Gasteiger partial charge is 0.372 e. The van der Waals surface area contributed by atoms with Gasteiger partial charge in [-0.1, -0.05) is 11.8 Å². The van der Waals surface area contributed by atoms with Crippen molar-refractivity contribution in [2.45, 2.75) is 26.1 Å². The van der Waals surface area contributed by atoms with Gasteiger partial charge < -0.3 is 15.4 Å². The van der Waals surface area contributed by atoms with Gasteiger partial charge in [0.2, 0.25) is 0 Å². The summed E-state index contributed by atoms with van der Waals surface area (Å²) in [6.07, 6.45) is -0.0329. The minimum absolute atomic E-state index is 0.0164. The molecule has 0 aromatic heterocycles. The minimum Gasteiger partial charge on any atom is -0.372 e. The first-order chi connectivity index (χ1) is 10.0. The van der Waals surface area contributed by atoms with E-state index in [9.17, 15) is 9.18 Å². The van der Waals surface area contributed by atoms with Gasteiger partial charge in [0.15, 0.2) is 0 Å². The van der Waals surface area contributed by atoms with Gasteiger partial charge in [-0.15, -0.1) is 0 Å². The number of halogens is 1. The molecule has 112 valence electrons. The first kappa shape index (κ1) is 15.5. The summed E-state index contributed by atoms with van der Waals surface area (Å²) in [5.41, 5.74) is 5.84. The van der Waals surface area contributed by atoms with Crippen LogP contribution < -0.4 is 5.73 Å². The average molecular weight is 290 g/mol. The molecule has 2 atom stereocenters. The molecule has 1 fully saturated rings. The zero-order valence-electron chi connectivity index (χ0n) is 12.2. The first-order valence-corrected chi connectivity index (χ1v) is 6.94. The van der Waals surface area contributed by atoms with Gasteiger partial charge in [0.25, 0.3) is 5.91 Å². The highest BCUT2D eigenvalue weighted by atomic mass is 19.1. The van der Waals surface area contributed by atoms with Crippen molar-refractivity contribution in [2.24, 2.45) is 5.73 Å². The summed E-state index contributed by atoms with van der Waals surface area (Å²) in [6.45, 7) is 5.03. The fraction of sp³-hybridized carbons (Fsp3) is 0.438. The molecule has 1 saturated heterocycles. The predicted octanol–water partition coefficient (Wildman–Crippen LogP) is 1.39. The van der Waals surface area contributed by atoms with Crippen molar-refractivity contribution in [2.75, 3.05) is 19.6 Å². The molecule has 21 heavy (non-hydrogen) atoms. The number of rotatable bonds is 1. The maximum Gasteiger partial charge on any atom is 0.254 e. The Bertz CT molecular complexity index is 582. The molecule has 0 unspecified atom stereocenters. The highest BCUT2D eigenvalue weighted by Gasteiger charge is 2.26. The minimum atomic E-state index is -0.504. The lowest BCUT2D eigenvalue weighted by atomic mass is 10.1. The maximum atomic E-state index is 13.9. The van der Waals surface area contributed by atoms with Crippen LogP contribution in [-0.4, -0.2) is 42.6 Å². The zero-order chi connectivity index (χ0) is 15.4. The molecule has 1 amide bonds. The summed E-state index contributed by atoms with van der Waals surface area (Å²) in [5.74, 6) is 4.54. The van der Waals surface area contributed by atoms with Crippen LogP contribution >= 0.6 is 0 Å². The number of nitrogens with zero attached hydrogens (tertiary/aromatic N) is 1. The van der Waals surface area contributed by atoms with E-state index in [-0.39, 0.29) is 30.2 Å². The lowest BCUT2D eigenvalue weighted by Gasteiger charge is -2.35. The van der Waals surface area contributed by atoms with Gasteiger partial charge in [0, 0.05) is 18.7 Å². The predicted molar refractivity (Wildman–Crippen MR) is 78.2 cm³/mol. The normalized spacial score (nSPS) is 21.6. The van der Waals surface area contributed by atoms with E-state index in [2.05, 4.69) is 11.8 Å². The van der Waals surface area contributed by atoms with Crippen LogP contribution in [0.25, 0.3) is 0 Å². The van der Waals surface area contributed by atoms with E-state index in [0.29, 0.717) is 18.7 Å². The molecule has 0 radical (unpaired) electrons. The van der Waals surface area contributed by atoms with Gasteiger partial charge in [-0.2, -0.15) is 0 Å². The molecular formula is C16H19FN2O2. The smallest absolute Gasteiger partial charge is 0.254 e. The summed E-state index contributed by atoms with van der Waals surface area (Å²) in [7, 11) is 0. The molecule has 1 aliphatic heterocycles. The number of nitrogens with two attached hydrogens (primary N) is 1. The Balaban J connectivity index is 2.18. The number of hydrogen-bond acceptors (Lipinski definition) is 3. The van der Waals surface area contributed by atoms with Crippen LogP contribution in [0.4, 0.5) is 4.39 Å². The number of carbonyl (C=O) groups is 1. The van der Waals surface area contributed by atoms with E-state index < -0.39 is 5.82 Å². The van der Waals surface area contributed by atoms with Crippen molar-refractivity contribution in [1.82, 2.24) is 4.90 Å². The van der Waals surface area contributed by atoms with Crippen LogP contribution in [0.5, 0.6) is 0 Å². The van der Waals surface area contributed by atoms with Crippen LogP contribution in [0, 0.1) is 17.7 Å². The average Bonchev–Trinajstić information content (AvgIpc) is 2.44. The van der Waals surface area contributed by atoms with Crippen molar-refractivity contribution < 1.29 is 13.9 Å². The van der Waals surface area contributed by atoms with E-state index >= 15 is 0 Å². The summed E-state index contributed by atoms with van der Waals surface area (Å²) in [6, 6.07) is 4.34. The number of morpholine rings is 1. The monoisotopic (exact) mass is 290 g/mol. The van der Waals surface area contributed by atoms with Crippen molar-refractivity contribution >= 4 is 5.91 Å². The second kappa shape index (κ2) is 6.70. The Morgan fingerprint density at radius 3 is 2.67 bits per heavy atom. The molecular weight excluding hydrogens is 271 g/mol. The quantitative estimate of drug-likeness (QED) is 0.795. The molecule has 5 heteroatoms. The number of carbonyl (C=O) groups excluding carboxylic acids is 1. The first-order valence-electron chi connectivity index (χ1n) is 6.94. The lowest BCUT2D eigenvalue weighted by molar-refractivity contribution is -0.0586. The topological polar surface area (TPSA) is 55.6 Å². The third-order valence-corrected chi connectivity index (χ3v) is 3.25. The van der Waals surface area contributed by atoms with Crippen LogP contribution in [0.3, 0.4) is 0 Å². The van der Waals surface area contributed by atoms with Crippen LogP contribution in [-0.2, 0) is 4.74 Å². The highest BCUT2D eigenvalue weighted by molar-refractivity contribution is 5.94. The van der Waals surface area contributed by atoms with Crippen molar-refractivity contribution in [3.05, 3.63) is 35.1 Å². The molecule has 0 saturated carbocycles. The molecule has 1 aromatic carbocycles. The molecule has 0 bridgehead atoms. The Morgan fingerprint density at radius 1 is 1.43 bits per heavy atom. The third-order valence-electron chi connectivity index (χ3n) is 3.25. The molecule has 0 aliphatic carbocycles. The maximum absolute atomic E-state index is 13.9. The lowest BCUT2D eigenvalue weighted by Crippen LogP contribution is -2.48. The van der Waals surface area contributed by atoms with Gasteiger partial charge in [0.1, 0.15) is 5.82 Å².